The Morgan fingerprint density at radius 2 is 2.43 bits per heavy atom. The number of nitrogens with one attached hydrogen (secondary N) is 1. The second-order valence-electron chi connectivity index (χ2n) is 2.71. The largest absolute Gasteiger partial charge is 0.385 e. The van der Waals surface area contributed by atoms with Gasteiger partial charge in [-0.3, -0.25) is 4.98 Å². The number of anilines is 1. The number of H-pyrrole nitrogens is 1. The van der Waals surface area contributed by atoms with Crippen molar-refractivity contribution in [1.82, 2.24) is 9.97 Å². The maximum atomic E-state index is 10.7. The number of hydrogen-bond donors (Lipinski definition) is 2. The van der Waals surface area contributed by atoms with Crippen molar-refractivity contribution in [3.63, 3.8) is 0 Å². The van der Waals surface area contributed by atoms with Gasteiger partial charge in [0.25, 0.3) is 0 Å². The first-order valence-electron chi connectivity index (χ1n) is 4.16. The minimum atomic E-state index is -0.432. The fraction of sp³-hybridized carbons (Fsp3) is 0.200. The topological polar surface area (TPSA) is 71.8 Å². The first kappa shape index (κ1) is 10.1. The number of hydrogen-bond acceptors (Lipinski definition) is 3. The molecule has 0 fully saturated rings. The Labute approximate surface area is 81.9 Å². The molecule has 0 saturated heterocycles. The van der Waals surface area contributed by atoms with Gasteiger partial charge in [-0.05, 0) is 6.42 Å². The molecule has 4 nitrogen and oxygen atoms in total. The Kier molecular flexibility index (Phi) is 3.50. The zero-order valence-corrected chi connectivity index (χ0v) is 7.66. The van der Waals surface area contributed by atoms with E-state index in [4.69, 9.17) is 12.2 Å². The lowest BCUT2D eigenvalue weighted by atomic mass is 10.2. The van der Waals surface area contributed by atoms with Gasteiger partial charge in [-0.15, -0.1) is 12.3 Å². The van der Waals surface area contributed by atoms with Crippen LogP contribution in [-0.2, 0) is 6.42 Å². The van der Waals surface area contributed by atoms with Crippen LogP contribution in [0.4, 0.5) is 5.82 Å². The molecule has 1 heterocycles. The van der Waals surface area contributed by atoms with Gasteiger partial charge in [0, 0.05) is 18.2 Å². The van der Waals surface area contributed by atoms with E-state index in [1.54, 1.807) is 0 Å². The minimum absolute atomic E-state index is 0.357. The van der Waals surface area contributed by atoms with E-state index in [0.717, 1.165) is 5.56 Å². The number of nitrogen functional groups attached to an aromatic ring is 1. The van der Waals surface area contributed by atoms with Crippen molar-refractivity contribution in [2.45, 2.75) is 12.8 Å². The quantitative estimate of drug-likeness (QED) is 0.536. The smallest absolute Gasteiger partial charge is 0.346 e. The van der Waals surface area contributed by atoms with Crippen LogP contribution < -0.4 is 11.4 Å². The Balaban J connectivity index is 2.69. The van der Waals surface area contributed by atoms with E-state index in [0.29, 0.717) is 18.7 Å². The first-order chi connectivity index (χ1) is 6.74. The van der Waals surface area contributed by atoms with Gasteiger partial charge in [0.2, 0.25) is 0 Å². The van der Waals surface area contributed by atoms with E-state index in [1.807, 2.05) is 12.2 Å². The van der Waals surface area contributed by atoms with E-state index in [-0.39, 0.29) is 0 Å². The molecule has 72 valence electrons. The van der Waals surface area contributed by atoms with Crippen LogP contribution in [0.3, 0.4) is 0 Å². The zero-order chi connectivity index (χ0) is 10.4. The van der Waals surface area contributed by atoms with E-state index in [1.165, 1.54) is 6.20 Å². The van der Waals surface area contributed by atoms with Gasteiger partial charge in [-0.25, -0.2) is 9.78 Å². The molecule has 14 heavy (non-hydrogen) atoms. The predicted octanol–water partition coefficient (Wildman–Crippen LogP) is 0.474. The van der Waals surface area contributed by atoms with E-state index in [2.05, 4.69) is 15.9 Å². The van der Waals surface area contributed by atoms with Gasteiger partial charge in [-0.2, -0.15) is 0 Å². The molecule has 0 atom stereocenters. The Morgan fingerprint density at radius 3 is 3.07 bits per heavy atom. The molecule has 0 radical (unpaired) electrons. The molecule has 1 aromatic rings. The van der Waals surface area contributed by atoms with Crippen LogP contribution in [0.5, 0.6) is 0 Å². The van der Waals surface area contributed by atoms with Crippen molar-refractivity contribution in [2.24, 2.45) is 0 Å². The second kappa shape index (κ2) is 4.87. The van der Waals surface area contributed by atoms with Crippen molar-refractivity contribution in [1.29, 1.82) is 0 Å². The third kappa shape index (κ3) is 2.79. The maximum absolute atomic E-state index is 10.7. The lowest BCUT2D eigenvalue weighted by molar-refractivity contribution is 1.04. The molecule has 3 N–H and O–H groups in total. The highest BCUT2D eigenvalue weighted by molar-refractivity contribution is 5.37. The van der Waals surface area contributed by atoms with Gasteiger partial charge in [0.1, 0.15) is 5.82 Å². The van der Waals surface area contributed by atoms with Gasteiger partial charge >= 0.3 is 5.69 Å². The molecule has 0 spiro atoms. The molecule has 0 aliphatic rings. The normalized spacial score (nSPS) is 10.2. The maximum Gasteiger partial charge on any atom is 0.346 e. The molecule has 0 unspecified atom stereocenters. The van der Waals surface area contributed by atoms with Crippen LogP contribution in [0.1, 0.15) is 12.0 Å². The molecule has 1 aromatic heterocycles. The van der Waals surface area contributed by atoms with Crippen LogP contribution in [0.15, 0.2) is 23.1 Å². The van der Waals surface area contributed by atoms with Gasteiger partial charge in [0.05, 0.1) is 0 Å². The van der Waals surface area contributed by atoms with Crippen molar-refractivity contribution in [3.05, 3.63) is 34.4 Å². The van der Waals surface area contributed by atoms with Gasteiger partial charge in [-0.1, -0.05) is 12.2 Å². The van der Waals surface area contributed by atoms with Crippen molar-refractivity contribution in [2.75, 3.05) is 5.73 Å². The summed E-state index contributed by atoms with van der Waals surface area (Å²) < 4.78 is 0. The first-order valence-corrected chi connectivity index (χ1v) is 4.16. The zero-order valence-electron chi connectivity index (χ0n) is 7.66. The number of nitrogens with zero attached hydrogens (tertiary/aromatic N) is 1. The number of terminal acetylenes is 1. The van der Waals surface area contributed by atoms with Crippen LogP contribution in [-0.4, -0.2) is 9.97 Å². The summed E-state index contributed by atoms with van der Waals surface area (Å²) in [4.78, 5) is 16.7. The third-order valence-electron chi connectivity index (χ3n) is 1.67. The molecule has 0 bridgehead atoms. The SMILES string of the molecule is C#CCC=CCc1cnc(=O)[nH]c1N. The number of aromatic nitrogens is 2. The van der Waals surface area contributed by atoms with E-state index in [9.17, 15) is 4.79 Å². The molecule has 0 saturated carbocycles. The average Bonchev–Trinajstić information content (AvgIpc) is 2.15. The van der Waals surface area contributed by atoms with Crippen LogP contribution in [0.25, 0.3) is 0 Å². The number of rotatable bonds is 3. The molecular weight excluding hydrogens is 178 g/mol. The van der Waals surface area contributed by atoms with Crippen molar-refractivity contribution >= 4 is 5.82 Å². The van der Waals surface area contributed by atoms with E-state index < -0.39 is 5.69 Å². The van der Waals surface area contributed by atoms with E-state index >= 15 is 0 Å². The summed E-state index contributed by atoms with van der Waals surface area (Å²) in [6, 6.07) is 0. The minimum Gasteiger partial charge on any atom is -0.385 e. The molecular formula is C10H11N3O. The summed E-state index contributed by atoms with van der Waals surface area (Å²) in [6.45, 7) is 0. The second-order valence-corrected chi connectivity index (χ2v) is 2.71. The standard InChI is InChI=1S/C10H11N3O/c1-2-3-4-5-6-8-7-12-10(14)13-9(8)11/h1,4-5,7H,3,6H2,(H3,11,12,13,14). The fourth-order valence-corrected chi connectivity index (χ4v) is 0.958. The highest BCUT2D eigenvalue weighted by atomic mass is 16.1. The summed E-state index contributed by atoms with van der Waals surface area (Å²) in [5, 5.41) is 0. The molecule has 0 aliphatic carbocycles. The van der Waals surface area contributed by atoms with Crippen LogP contribution >= 0.6 is 0 Å². The Bertz CT molecular complexity index is 426. The van der Waals surface area contributed by atoms with Crippen LogP contribution in [0, 0.1) is 12.3 Å². The summed E-state index contributed by atoms with van der Waals surface area (Å²) in [5.41, 5.74) is 5.92. The fourth-order valence-electron chi connectivity index (χ4n) is 0.958. The Morgan fingerprint density at radius 1 is 1.64 bits per heavy atom. The molecule has 0 aliphatic heterocycles. The third-order valence-corrected chi connectivity index (χ3v) is 1.67. The summed E-state index contributed by atoms with van der Waals surface area (Å²) >= 11 is 0. The van der Waals surface area contributed by atoms with Crippen molar-refractivity contribution in [3.8, 4) is 12.3 Å². The lowest BCUT2D eigenvalue weighted by Gasteiger charge is -1.99. The molecule has 0 amide bonds. The number of aromatic amines is 1. The van der Waals surface area contributed by atoms with Gasteiger partial charge in [0.15, 0.2) is 0 Å². The summed E-state index contributed by atoms with van der Waals surface area (Å²) in [5.74, 6) is 2.84. The monoisotopic (exact) mass is 189 g/mol. The number of allylic oxidation sites excluding steroid dienone is 2. The predicted molar refractivity (Wildman–Crippen MR) is 55.6 cm³/mol. The highest BCUT2D eigenvalue weighted by Crippen LogP contribution is 2.04. The Hall–Kier alpha value is -2.02. The van der Waals surface area contributed by atoms with Crippen molar-refractivity contribution < 1.29 is 0 Å². The lowest BCUT2D eigenvalue weighted by Crippen LogP contribution is -2.13. The van der Waals surface area contributed by atoms with Gasteiger partial charge < -0.3 is 5.73 Å². The summed E-state index contributed by atoms with van der Waals surface area (Å²) in [6.07, 6.45) is 11.5. The molecule has 1 rings (SSSR count). The average molecular weight is 189 g/mol. The molecule has 0 aromatic carbocycles. The highest BCUT2D eigenvalue weighted by Gasteiger charge is 1.97. The molecule has 4 heteroatoms. The van der Waals surface area contributed by atoms with Crippen LogP contribution in [0.2, 0.25) is 0 Å². The number of nitrogens with two attached hydrogens (primary N) is 1. The summed E-state index contributed by atoms with van der Waals surface area (Å²) in [7, 11) is 0.